The molecule has 29 heavy (non-hydrogen) atoms. The van der Waals surface area contributed by atoms with Gasteiger partial charge >= 0.3 is 5.69 Å². The highest BCUT2D eigenvalue weighted by Gasteiger charge is 2.31. The third-order valence-electron chi connectivity index (χ3n) is 5.21. The molecule has 0 bridgehead atoms. The number of hydrogen-bond acceptors (Lipinski definition) is 4. The second-order valence-electron chi connectivity index (χ2n) is 7.22. The van der Waals surface area contributed by atoms with Crippen molar-refractivity contribution >= 4 is 34.5 Å². The number of thiocarbonyl (C=S) groups is 1. The molecule has 0 radical (unpaired) electrons. The van der Waals surface area contributed by atoms with Crippen molar-refractivity contribution in [1.29, 1.82) is 0 Å². The lowest BCUT2D eigenvalue weighted by Crippen LogP contribution is -2.47. The summed E-state index contributed by atoms with van der Waals surface area (Å²) in [5, 5.41) is 3.08. The maximum atomic E-state index is 14.1. The van der Waals surface area contributed by atoms with Gasteiger partial charge in [-0.2, -0.15) is 0 Å². The number of hydrogen-bond donors (Lipinski definition) is 3. The Hall–Kier alpha value is -2.68. The van der Waals surface area contributed by atoms with Crippen LogP contribution in [0.1, 0.15) is 45.4 Å². The van der Waals surface area contributed by atoms with Crippen molar-refractivity contribution in [3.05, 3.63) is 50.9 Å². The minimum atomic E-state index is -0.593. The molecule has 156 valence electrons. The normalized spacial score (nSPS) is 14.1. The third kappa shape index (κ3) is 4.50. The summed E-state index contributed by atoms with van der Waals surface area (Å²) in [4.78, 5) is 29.1. The predicted molar refractivity (Wildman–Crippen MR) is 118 cm³/mol. The molecule has 0 saturated heterocycles. The van der Waals surface area contributed by atoms with Gasteiger partial charge in [-0.25, -0.2) is 9.18 Å². The standard InChI is InChI=1S/C20H26FN5O2S/c1-2-3-12-25-17(22)16(18(27)24-19(25)28)26(13-8-4-5-9-13)20(29)23-15-11-7-6-10-14(15)21/h6-7,10-11,13H,2-5,8-9,12,22H2,1H3,(H,23,29)(H,24,27,28). The minimum Gasteiger partial charge on any atom is -0.383 e. The number of nitrogens with one attached hydrogen (secondary N) is 2. The van der Waals surface area contributed by atoms with Gasteiger partial charge in [0.1, 0.15) is 11.6 Å². The zero-order chi connectivity index (χ0) is 21.0. The molecule has 7 nitrogen and oxygen atoms in total. The van der Waals surface area contributed by atoms with E-state index in [2.05, 4.69) is 10.3 Å². The molecule has 1 aliphatic rings. The van der Waals surface area contributed by atoms with Crippen LogP contribution in [0.2, 0.25) is 0 Å². The Morgan fingerprint density at radius 3 is 2.69 bits per heavy atom. The van der Waals surface area contributed by atoms with Crippen LogP contribution in [0.3, 0.4) is 0 Å². The molecule has 1 aliphatic carbocycles. The van der Waals surface area contributed by atoms with Crippen molar-refractivity contribution in [3.63, 3.8) is 0 Å². The summed E-state index contributed by atoms with van der Waals surface area (Å²) in [5.74, 6) is -0.368. The molecule has 1 fully saturated rings. The van der Waals surface area contributed by atoms with Crippen LogP contribution in [0.25, 0.3) is 0 Å². The first-order chi connectivity index (χ1) is 13.9. The number of nitrogens with two attached hydrogens (primary N) is 1. The number of halogens is 1. The van der Waals surface area contributed by atoms with Crippen molar-refractivity contribution in [1.82, 2.24) is 9.55 Å². The Bertz CT molecular complexity index is 997. The van der Waals surface area contributed by atoms with E-state index in [4.69, 9.17) is 18.0 Å². The largest absolute Gasteiger partial charge is 0.383 e. The van der Waals surface area contributed by atoms with Crippen LogP contribution in [-0.2, 0) is 6.54 Å². The highest BCUT2D eigenvalue weighted by molar-refractivity contribution is 7.80. The summed E-state index contributed by atoms with van der Waals surface area (Å²) in [6.45, 7) is 2.41. The molecule has 4 N–H and O–H groups in total. The molecule has 0 atom stereocenters. The number of rotatable bonds is 6. The van der Waals surface area contributed by atoms with Crippen molar-refractivity contribution in [3.8, 4) is 0 Å². The van der Waals surface area contributed by atoms with E-state index < -0.39 is 17.1 Å². The summed E-state index contributed by atoms with van der Waals surface area (Å²) in [7, 11) is 0. The van der Waals surface area contributed by atoms with E-state index in [1.54, 1.807) is 23.1 Å². The molecule has 3 rings (SSSR count). The first-order valence-electron chi connectivity index (χ1n) is 9.91. The molecule has 0 amide bonds. The molecular weight excluding hydrogens is 393 g/mol. The zero-order valence-corrected chi connectivity index (χ0v) is 17.2. The summed E-state index contributed by atoms with van der Waals surface area (Å²) < 4.78 is 15.5. The Balaban J connectivity index is 2.06. The summed E-state index contributed by atoms with van der Waals surface area (Å²) in [6.07, 6.45) is 5.27. The van der Waals surface area contributed by atoms with Gasteiger partial charge in [0.15, 0.2) is 10.8 Å². The van der Waals surface area contributed by atoms with Crippen molar-refractivity contribution in [2.45, 2.75) is 58.0 Å². The van der Waals surface area contributed by atoms with E-state index in [1.807, 2.05) is 6.92 Å². The Morgan fingerprint density at radius 1 is 1.34 bits per heavy atom. The van der Waals surface area contributed by atoms with E-state index in [1.165, 1.54) is 10.6 Å². The number of benzene rings is 1. The first-order valence-corrected chi connectivity index (χ1v) is 10.3. The predicted octanol–water partition coefficient (Wildman–Crippen LogP) is 3.20. The maximum Gasteiger partial charge on any atom is 0.330 e. The Labute approximate surface area is 173 Å². The summed E-state index contributed by atoms with van der Waals surface area (Å²) >= 11 is 5.57. The lowest BCUT2D eigenvalue weighted by molar-refractivity contribution is 0.600. The third-order valence-corrected chi connectivity index (χ3v) is 5.51. The minimum absolute atomic E-state index is 0.0534. The highest BCUT2D eigenvalue weighted by Crippen LogP contribution is 2.30. The fraction of sp³-hybridized carbons (Fsp3) is 0.450. The number of H-pyrrole nitrogens is 1. The van der Waals surface area contributed by atoms with Gasteiger partial charge in [0.2, 0.25) is 0 Å². The number of aromatic nitrogens is 2. The van der Waals surface area contributed by atoms with E-state index in [0.29, 0.717) is 6.54 Å². The summed E-state index contributed by atoms with van der Waals surface area (Å²) in [5.41, 5.74) is 5.52. The fourth-order valence-electron chi connectivity index (χ4n) is 3.70. The van der Waals surface area contributed by atoms with Gasteiger partial charge in [-0.15, -0.1) is 0 Å². The number of aromatic amines is 1. The van der Waals surface area contributed by atoms with Crippen molar-refractivity contribution in [2.24, 2.45) is 0 Å². The molecule has 0 spiro atoms. The molecule has 1 aromatic heterocycles. The molecule has 1 saturated carbocycles. The van der Waals surface area contributed by atoms with Gasteiger partial charge < -0.3 is 16.0 Å². The SMILES string of the molecule is CCCCn1c(N)c(N(C(=S)Nc2ccccc2F)C2CCCC2)c(=O)[nH]c1=O. The molecule has 9 heteroatoms. The first kappa shape index (κ1) is 21.0. The van der Waals surface area contributed by atoms with E-state index in [0.717, 1.165) is 38.5 Å². The van der Waals surface area contributed by atoms with Gasteiger partial charge in [-0.3, -0.25) is 14.3 Å². The molecule has 1 aromatic carbocycles. The molecule has 0 aliphatic heterocycles. The lowest BCUT2D eigenvalue weighted by Gasteiger charge is -2.32. The van der Waals surface area contributed by atoms with E-state index in [9.17, 15) is 14.0 Å². The van der Waals surface area contributed by atoms with Crippen LogP contribution in [-0.4, -0.2) is 20.7 Å². The average molecular weight is 420 g/mol. The Kier molecular flexibility index (Phi) is 6.68. The number of nitrogens with zero attached hydrogens (tertiary/aromatic N) is 2. The molecule has 1 heterocycles. The van der Waals surface area contributed by atoms with Crippen LogP contribution >= 0.6 is 12.2 Å². The maximum absolute atomic E-state index is 14.1. The van der Waals surface area contributed by atoms with Gasteiger partial charge in [0, 0.05) is 12.6 Å². The molecular formula is C20H26FN5O2S. The number of para-hydroxylation sites is 1. The van der Waals surface area contributed by atoms with Crippen molar-refractivity contribution < 1.29 is 4.39 Å². The average Bonchev–Trinajstić information content (AvgIpc) is 3.20. The van der Waals surface area contributed by atoms with Crippen LogP contribution in [0.5, 0.6) is 0 Å². The van der Waals surface area contributed by atoms with Gasteiger partial charge in [-0.1, -0.05) is 38.3 Å². The van der Waals surface area contributed by atoms with Crippen molar-refractivity contribution in [2.75, 3.05) is 16.0 Å². The highest BCUT2D eigenvalue weighted by atomic mass is 32.1. The van der Waals surface area contributed by atoms with E-state index >= 15 is 0 Å². The molecule has 0 unspecified atom stereocenters. The smallest absolute Gasteiger partial charge is 0.330 e. The fourth-order valence-corrected chi connectivity index (χ4v) is 4.05. The Morgan fingerprint density at radius 2 is 2.03 bits per heavy atom. The number of unbranched alkanes of at least 4 members (excludes halogenated alkanes) is 1. The van der Waals surface area contributed by atoms with E-state index in [-0.39, 0.29) is 28.3 Å². The summed E-state index contributed by atoms with van der Waals surface area (Å²) in [6, 6.07) is 6.13. The van der Waals surface area contributed by atoms with Crippen LogP contribution in [0.4, 0.5) is 21.6 Å². The van der Waals surface area contributed by atoms with Crippen LogP contribution in [0.15, 0.2) is 33.9 Å². The molecule has 2 aromatic rings. The monoisotopic (exact) mass is 419 g/mol. The quantitative estimate of drug-likeness (QED) is 0.623. The number of nitrogen functional groups attached to an aromatic ring is 1. The van der Waals surface area contributed by atoms with Gasteiger partial charge in [0.05, 0.1) is 5.69 Å². The zero-order valence-electron chi connectivity index (χ0n) is 16.4. The topological polar surface area (TPSA) is 96.2 Å². The number of anilines is 3. The second-order valence-corrected chi connectivity index (χ2v) is 7.60. The second kappa shape index (κ2) is 9.21. The lowest BCUT2D eigenvalue weighted by atomic mass is 10.2. The van der Waals surface area contributed by atoms with Crippen LogP contribution < -0.4 is 27.2 Å². The van der Waals surface area contributed by atoms with Gasteiger partial charge in [-0.05, 0) is 43.6 Å². The van der Waals surface area contributed by atoms with Crippen LogP contribution in [0, 0.1) is 5.82 Å². The van der Waals surface area contributed by atoms with Gasteiger partial charge in [0.25, 0.3) is 5.56 Å².